The Kier molecular flexibility index (Phi) is 30.4. The molecule has 0 fully saturated rings. The third-order valence-electron chi connectivity index (χ3n) is 11.4. The van der Waals surface area contributed by atoms with Gasteiger partial charge in [-0.1, -0.05) is 85.7 Å². The van der Waals surface area contributed by atoms with Crippen molar-refractivity contribution in [3.05, 3.63) is 35.9 Å². The molecule has 25 nitrogen and oxygen atoms in total. The lowest BCUT2D eigenvalue weighted by Crippen LogP contribution is -2.62. The quantitative estimate of drug-likeness (QED) is 0.0288. The molecule has 9 atom stereocenters. The number of nitrogens with two attached hydrogens (primary N) is 3. The van der Waals surface area contributed by atoms with Gasteiger partial charge in [-0.2, -0.15) is 0 Å². The Hall–Kier alpha value is -6.28. The van der Waals surface area contributed by atoms with E-state index in [1.54, 1.807) is 58.0 Å². The first-order chi connectivity index (χ1) is 34.8. The van der Waals surface area contributed by atoms with Crippen LogP contribution < -0.4 is 65.1 Å². The second kappa shape index (κ2) is 34.3. The van der Waals surface area contributed by atoms with E-state index in [2.05, 4.69) is 47.9 Å². The molecular weight excluding hydrogens is 965 g/mol. The van der Waals surface area contributed by atoms with Crippen LogP contribution in [0.5, 0.6) is 0 Å². The average Bonchev–Trinajstić information content (AvgIpc) is 3.33. The van der Waals surface area contributed by atoms with Gasteiger partial charge < -0.3 is 80.4 Å². The van der Waals surface area contributed by atoms with Gasteiger partial charge in [-0.05, 0) is 74.3 Å². The van der Waals surface area contributed by atoms with Gasteiger partial charge in [0.2, 0.25) is 59.1 Å². The Morgan fingerprint density at radius 2 is 0.865 bits per heavy atom. The topological polar surface area (TPSA) is 418 Å². The molecular formula is C49H84N12O13. The van der Waals surface area contributed by atoms with Gasteiger partial charge in [-0.25, -0.2) is 0 Å². The minimum absolute atomic E-state index is 0.00713. The minimum Gasteiger partial charge on any atom is -0.394 e. The average molecular weight is 1050 g/mol. The van der Waals surface area contributed by atoms with Crippen LogP contribution in [0.3, 0.4) is 0 Å². The predicted molar refractivity (Wildman–Crippen MR) is 273 cm³/mol. The number of primary amides is 1. The number of hydrogen-bond acceptors (Lipinski definition) is 15. The molecule has 0 aliphatic carbocycles. The second-order valence-corrected chi connectivity index (χ2v) is 19.9. The van der Waals surface area contributed by atoms with Crippen molar-refractivity contribution in [1.29, 1.82) is 0 Å². The van der Waals surface area contributed by atoms with Gasteiger partial charge in [0, 0.05) is 6.42 Å². The zero-order chi connectivity index (χ0) is 56.2. The number of carbonyl (C=O) groups excluding carboxylic acids is 10. The number of carbonyl (C=O) groups is 10. The van der Waals surface area contributed by atoms with Crippen LogP contribution in [-0.2, 0) is 54.4 Å². The molecule has 0 heterocycles. The molecule has 0 spiro atoms. The standard InChI is InChI=1S/C49H84N12O13/c1-26(2)18-31(51)41(66)58-36(23-62)47(72)55-34(20-28(5)6)44(69)59-38(25-64)48(73)56-35(21-30-14-10-9-11-15-30)45(70)60-37(24-63)46(71)54-32(16-12-13-17-50)43(68)61-40(29(7)8)49(74)57-33(19-27(3)4)42(67)53-22-39(52)65/h9-11,14-15,26-29,31-38,40,62-64H,12-13,16-25,50-51H2,1-8H3,(H2,52,65)(H,53,67)(H,54,71)(H,55,72)(H,56,73)(H,57,74)(H,58,66)(H,59,69)(H,60,70)(H,61,68)/t31-,32-,33-,34-,35-,36-,37-,38-,40-/m0/s1. The molecule has 25 heteroatoms. The first-order valence-corrected chi connectivity index (χ1v) is 25.1. The maximum atomic E-state index is 14.0. The van der Waals surface area contributed by atoms with Crippen molar-refractivity contribution >= 4 is 59.1 Å². The van der Waals surface area contributed by atoms with Crippen molar-refractivity contribution < 1.29 is 63.3 Å². The molecule has 0 unspecified atom stereocenters. The number of hydrogen-bond donors (Lipinski definition) is 15. The van der Waals surface area contributed by atoms with Gasteiger partial charge in [0.15, 0.2) is 0 Å². The minimum atomic E-state index is -1.71. The van der Waals surface area contributed by atoms with Crippen LogP contribution in [-0.4, -0.2) is 162 Å². The third-order valence-corrected chi connectivity index (χ3v) is 11.4. The highest BCUT2D eigenvalue weighted by Gasteiger charge is 2.36. The molecule has 0 saturated heterocycles. The van der Waals surface area contributed by atoms with E-state index < -0.39 is 146 Å². The van der Waals surface area contributed by atoms with Crippen molar-refractivity contribution in [2.24, 2.45) is 40.9 Å². The Morgan fingerprint density at radius 1 is 0.473 bits per heavy atom. The Labute approximate surface area is 433 Å². The Balaban J connectivity index is 3.37. The van der Waals surface area contributed by atoms with Crippen LogP contribution >= 0.6 is 0 Å². The highest BCUT2D eigenvalue weighted by molar-refractivity contribution is 5.98. The molecule has 0 aromatic heterocycles. The lowest BCUT2D eigenvalue weighted by Gasteiger charge is -2.29. The highest BCUT2D eigenvalue weighted by atomic mass is 16.3. The monoisotopic (exact) mass is 1050 g/mol. The van der Waals surface area contributed by atoms with Crippen molar-refractivity contribution in [1.82, 2.24) is 47.9 Å². The van der Waals surface area contributed by atoms with E-state index >= 15 is 0 Å². The summed E-state index contributed by atoms with van der Waals surface area (Å²) in [6.07, 6.45) is 1.08. The molecule has 18 N–H and O–H groups in total. The molecule has 0 radical (unpaired) electrons. The SMILES string of the molecule is CC(C)C[C@H](NC(=O)[C@H](CO)NC(=O)[C@@H](N)CC(C)C)C(=O)N[C@@H](CO)C(=O)N[C@@H](Cc1ccccc1)C(=O)N[C@@H](CO)C(=O)N[C@@H](CCCCN)C(=O)N[C@H](C(=O)N[C@@H](CC(C)C)C(=O)NCC(N)=O)C(C)C. The van der Waals surface area contributed by atoms with Crippen LogP contribution in [0.1, 0.15) is 99.5 Å². The summed E-state index contributed by atoms with van der Waals surface area (Å²) in [6, 6.07) is -4.04. The summed E-state index contributed by atoms with van der Waals surface area (Å²) in [5.74, 6) is -9.38. The van der Waals surface area contributed by atoms with E-state index in [1.165, 1.54) is 0 Å². The summed E-state index contributed by atoms with van der Waals surface area (Å²) in [6.45, 7) is 11.1. The smallest absolute Gasteiger partial charge is 0.245 e. The first-order valence-electron chi connectivity index (χ1n) is 25.1. The Bertz CT molecular complexity index is 1990. The van der Waals surface area contributed by atoms with Gasteiger partial charge in [0.1, 0.15) is 48.3 Å². The third kappa shape index (κ3) is 24.6. The van der Waals surface area contributed by atoms with Crippen molar-refractivity contribution in [3.8, 4) is 0 Å². The van der Waals surface area contributed by atoms with Gasteiger partial charge in [0.05, 0.1) is 32.4 Å². The maximum absolute atomic E-state index is 14.0. The van der Waals surface area contributed by atoms with Crippen LogP contribution in [0.2, 0.25) is 0 Å². The molecule has 1 aromatic rings. The molecule has 1 aromatic carbocycles. The van der Waals surface area contributed by atoms with Crippen LogP contribution in [0.25, 0.3) is 0 Å². The van der Waals surface area contributed by atoms with Crippen molar-refractivity contribution in [2.45, 2.75) is 155 Å². The lowest BCUT2D eigenvalue weighted by molar-refractivity contribution is -0.137. The van der Waals surface area contributed by atoms with E-state index in [0.29, 0.717) is 24.8 Å². The second-order valence-electron chi connectivity index (χ2n) is 19.9. The molecule has 0 aliphatic rings. The molecule has 0 bridgehead atoms. The fourth-order valence-electron chi connectivity index (χ4n) is 7.41. The molecule has 10 amide bonds. The van der Waals surface area contributed by atoms with Crippen molar-refractivity contribution in [3.63, 3.8) is 0 Å². The van der Waals surface area contributed by atoms with E-state index in [4.69, 9.17) is 17.2 Å². The van der Waals surface area contributed by atoms with Gasteiger partial charge >= 0.3 is 0 Å². The number of aliphatic hydroxyl groups excluding tert-OH is 3. The lowest BCUT2D eigenvalue weighted by atomic mass is 9.99. The first kappa shape index (κ1) is 65.7. The Morgan fingerprint density at radius 3 is 1.31 bits per heavy atom. The molecule has 0 aliphatic heterocycles. The van der Waals surface area contributed by atoms with E-state index in [1.807, 2.05) is 27.7 Å². The van der Waals surface area contributed by atoms with Crippen LogP contribution in [0.4, 0.5) is 0 Å². The number of benzene rings is 1. The van der Waals surface area contributed by atoms with Gasteiger partial charge in [0.25, 0.3) is 0 Å². The zero-order valence-corrected chi connectivity index (χ0v) is 44.0. The van der Waals surface area contributed by atoms with Gasteiger partial charge in [-0.15, -0.1) is 0 Å². The fraction of sp³-hybridized carbons (Fsp3) is 0.673. The van der Waals surface area contributed by atoms with Crippen molar-refractivity contribution in [2.75, 3.05) is 32.9 Å². The molecule has 1 rings (SSSR count). The molecule has 0 saturated carbocycles. The van der Waals surface area contributed by atoms with Gasteiger partial charge in [-0.3, -0.25) is 47.9 Å². The summed E-state index contributed by atoms with van der Waals surface area (Å²) in [5.41, 5.74) is 17.3. The normalized spacial score (nSPS) is 15.0. The fourth-order valence-corrected chi connectivity index (χ4v) is 7.41. The number of nitrogens with one attached hydrogen (secondary N) is 9. The number of unbranched alkanes of at least 4 members (excludes halogenated alkanes) is 1. The maximum Gasteiger partial charge on any atom is 0.245 e. The molecule has 74 heavy (non-hydrogen) atoms. The summed E-state index contributed by atoms with van der Waals surface area (Å²) >= 11 is 0. The summed E-state index contributed by atoms with van der Waals surface area (Å²) in [4.78, 5) is 133. The number of amides is 10. The van der Waals surface area contributed by atoms with Crippen LogP contribution in [0.15, 0.2) is 30.3 Å². The largest absolute Gasteiger partial charge is 0.394 e. The summed E-state index contributed by atoms with van der Waals surface area (Å²) in [5, 5.41) is 53.0. The van der Waals surface area contributed by atoms with E-state index in [9.17, 15) is 63.3 Å². The number of aliphatic hydroxyl groups is 3. The van der Waals surface area contributed by atoms with Crippen LogP contribution in [0, 0.1) is 23.7 Å². The number of rotatable bonds is 35. The van der Waals surface area contributed by atoms with E-state index in [-0.39, 0.29) is 50.0 Å². The highest BCUT2D eigenvalue weighted by Crippen LogP contribution is 2.12. The molecule has 418 valence electrons. The van der Waals surface area contributed by atoms with E-state index in [0.717, 1.165) is 0 Å². The zero-order valence-electron chi connectivity index (χ0n) is 44.0. The predicted octanol–water partition coefficient (Wildman–Crippen LogP) is -4.06. The summed E-state index contributed by atoms with van der Waals surface area (Å²) < 4.78 is 0. The summed E-state index contributed by atoms with van der Waals surface area (Å²) in [7, 11) is 0.